The topological polar surface area (TPSA) is 112 Å². The van der Waals surface area contributed by atoms with Crippen molar-refractivity contribution in [2.24, 2.45) is 11.8 Å². The van der Waals surface area contributed by atoms with Gasteiger partial charge in [0.1, 0.15) is 17.8 Å². The van der Waals surface area contributed by atoms with Gasteiger partial charge in [-0.2, -0.15) is 0 Å². The highest BCUT2D eigenvalue weighted by Crippen LogP contribution is 2.52. The molecular weight excluding hydrogens is 380 g/mol. The molecule has 3 rings (SSSR count). The fraction of sp³-hybridized carbons (Fsp3) is 0.714. The molecule has 1 fully saturated rings. The first kappa shape index (κ1) is 22.0. The van der Waals surface area contributed by atoms with Crippen LogP contribution in [0.15, 0.2) is 22.8 Å². The fourth-order valence-corrected chi connectivity index (χ4v) is 4.79. The van der Waals surface area contributed by atoms with Crippen LogP contribution >= 0.6 is 0 Å². The predicted molar refractivity (Wildman–Crippen MR) is 101 cm³/mol. The minimum Gasteiger partial charge on any atom is -0.458 e. The van der Waals surface area contributed by atoms with Gasteiger partial charge < -0.3 is 29.2 Å². The zero-order valence-corrected chi connectivity index (χ0v) is 17.7. The number of esters is 2. The number of carbonyl (C=O) groups excluding carboxylic acids is 2. The van der Waals surface area contributed by atoms with Gasteiger partial charge in [-0.15, -0.1) is 0 Å². The van der Waals surface area contributed by atoms with Crippen LogP contribution in [-0.4, -0.2) is 65.6 Å². The third kappa shape index (κ3) is 3.52. The number of allylic oxidation sites excluding steroid dienone is 1. The standard InChI is InChI=1S/C21H30O8/c1-7-10(2)17(22)27-12-8-20(4,25)15-14(16-13(12)11(3)18(23)28-16)21(5,9-26-6)29-19(15)24/h7,11-13,16,19,24-25H,8-9H2,1-6H3/b10-7-/t11-,12-,13+,16-,19+,20-,21+/m0/s1. The van der Waals surface area contributed by atoms with Crippen molar-refractivity contribution in [2.45, 2.75) is 70.7 Å². The summed E-state index contributed by atoms with van der Waals surface area (Å²) in [6.45, 7) is 8.45. The molecule has 29 heavy (non-hydrogen) atoms. The Morgan fingerprint density at radius 3 is 2.59 bits per heavy atom. The second kappa shape index (κ2) is 7.50. The highest BCUT2D eigenvalue weighted by molar-refractivity contribution is 5.88. The van der Waals surface area contributed by atoms with Gasteiger partial charge in [-0.3, -0.25) is 4.79 Å². The SMILES string of the molecule is C/C=C(/C)C(=O)O[C@H]1C[C@](C)(O)C2=C([C@H]3OC(=O)[C@@H](C)[C@H]13)[C@@](C)(COC)O[C@H]2O. The molecule has 0 aromatic heterocycles. The molecule has 7 atom stereocenters. The van der Waals surface area contributed by atoms with Gasteiger partial charge in [0.05, 0.1) is 24.0 Å². The van der Waals surface area contributed by atoms with Crippen molar-refractivity contribution in [3.63, 3.8) is 0 Å². The second-order valence-electron chi connectivity index (χ2n) is 8.58. The van der Waals surface area contributed by atoms with E-state index >= 15 is 0 Å². The molecule has 0 bridgehead atoms. The molecule has 2 heterocycles. The van der Waals surface area contributed by atoms with Crippen LogP contribution in [0.5, 0.6) is 0 Å². The molecule has 3 aliphatic rings. The highest BCUT2D eigenvalue weighted by Gasteiger charge is 2.62. The van der Waals surface area contributed by atoms with Crippen LogP contribution in [0.1, 0.15) is 41.0 Å². The number of rotatable bonds is 4. The zero-order valence-electron chi connectivity index (χ0n) is 17.7. The lowest BCUT2D eigenvalue weighted by Crippen LogP contribution is -2.44. The minimum atomic E-state index is -1.54. The molecule has 0 radical (unpaired) electrons. The molecule has 0 unspecified atom stereocenters. The summed E-state index contributed by atoms with van der Waals surface area (Å²) in [5.74, 6) is -2.02. The maximum absolute atomic E-state index is 12.5. The van der Waals surface area contributed by atoms with Crippen molar-refractivity contribution in [1.82, 2.24) is 0 Å². The van der Waals surface area contributed by atoms with E-state index in [0.29, 0.717) is 11.1 Å². The monoisotopic (exact) mass is 410 g/mol. The minimum absolute atomic E-state index is 0.000195. The number of hydrogen-bond donors (Lipinski definition) is 2. The Kier molecular flexibility index (Phi) is 5.68. The van der Waals surface area contributed by atoms with Crippen LogP contribution in [0.3, 0.4) is 0 Å². The van der Waals surface area contributed by atoms with Crippen molar-refractivity contribution < 1.29 is 38.7 Å². The van der Waals surface area contributed by atoms with Crippen LogP contribution in [0.2, 0.25) is 0 Å². The Morgan fingerprint density at radius 1 is 1.34 bits per heavy atom. The predicted octanol–water partition coefficient (Wildman–Crippen LogP) is 1.25. The van der Waals surface area contributed by atoms with E-state index in [1.54, 1.807) is 40.7 Å². The number of ether oxygens (including phenoxy) is 4. The van der Waals surface area contributed by atoms with Crippen molar-refractivity contribution in [3.8, 4) is 0 Å². The van der Waals surface area contributed by atoms with Gasteiger partial charge in [0.2, 0.25) is 0 Å². The van der Waals surface area contributed by atoms with Crippen LogP contribution in [-0.2, 0) is 28.5 Å². The first-order valence-corrected chi connectivity index (χ1v) is 9.83. The van der Waals surface area contributed by atoms with Crippen LogP contribution in [0, 0.1) is 11.8 Å². The lowest BCUT2D eigenvalue weighted by Gasteiger charge is -2.34. The van der Waals surface area contributed by atoms with E-state index in [0.717, 1.165) is 0 Å². The van der Waals surface area contributed by atoms with E-state index in [9.17, 15) is 19.8 Å². The largest absolute Gasteiger partial charge is 0.458 e. The van der Waals surface area contributed by atoms with E-state index in [1.165, 1.54) is 7.11 Å². The van der Waals surface area contributed by atoms with Crippen molar-refractivity contribution in [1.29, 1.82) is 0 Å². The number of hydrogen-bond acceptors (Lipinski definition) is 8. The number of aliphatic hydroxyl groups is 2. The molecule has 0 saturated carbocycles. The number of methoxy groups -OCH3 is 1. The van der Waals surface area contributed by atoms with E-state index in [2.05, 4.69) is 0 Å². The molecule has 1 aliphatic carbocycles. The Hall–Kier alpha value is -1.74. The van der Waals surface area contributed by atoms with Crippen molar-refractivity contribution >= 4 is 11.9 Å². The summed E-state index contributed by atoms with van der Waals surface area (Å²) < 4.78 is 22.5. The summed E-state index contributed by atoms with van der Waals surface area (Å²) in [5.41, 5.74) is -1.47. The van der Waals surface area contributed by atoms with Gasteiger partial charge in [0.15, 0.2) is 6.29 Å². The van der Waals surface area contributed by atoms with Crippen molar-refractivity contribution in [2.75, 3.05) is 13.7 Å². The second-order valence-corrected chi connectivity index (χ2v) is 8.58. The molecule has 0 aromatic rings. The van der Waals surface area contributed by atoms with E-state index in [4.69, 9.17) is 18.9 Å². The molecule has 8 heteroatoms. The van der Waals surface area contributed by atoms with Gasteiger partial charge in [-0.05, 0) is 27.7 Å². The Labute approximate surface area is 170 Å². The number of aliphatic hydroxyl groups excluding tert-OH is 1. The lowest BCUT2D eigenvalue weighted by atomic mass is 9.80. The molecule has 2 N–H and O–H groups in total. The van der Waals surface area contributed by atoms with Gasteiger partial charge >= 0.3 is 11.9 Å². The van der Waals surface area contributed by atoms with Crippen molar-refractivity contribution in [3.05, 3.63) is 22.8 Å². The molecule has 2 aliphatic heterocycles. The fourth-order valence-electron chi connectivity index (χ4n) is 4.79. The smallest absolute Gasteiger partial charge is 0.333 e. The maximum Gasteiger partial charge on any atom is 0.333 e. The summed E-state index contributed by atoms with van der Waals surface area (Å²) >= 11 is 0. The molecular formula is C21H30O8. The Balaban J connectivity index is 2.12. The molecule has 1 saturated heterocycles. The molecule has 0 amide bonds. The summed E-state index contributed by atoms with van der Waals surface area (Å²) in [4.78, 5) is 25.0. The zero-order chi connectivity index (χ0) is 21.7. The van der Waals surface area contributed by atoms with E-state index in [1.807, 2.05) is 0 Å². The third-order valence-corrected chi connectivity index (χ3v) is 6.35. The number of carbonyl (C=O) groups is 2. The van der Waals surface area contributed by atoms with Crippen LogP contribution < -0.4 is 0 Å². The van der Waals surface area contributed by atoms with Gasteiger partial charge in [-0.1, -0.05) is 13.0 Å². The molecule has 162 valence electrons. The number of fused-ring (bicyclic) bond motifs is 2. The molecule has 8 nitrogen and oxygen atoms in total. The Bertz CT molecular complexity index is 767. The van der Waals surface area contributed by atoms with Crippen LogP contribution in [0.25, 0.3) is 0 Å². The Morgan fingerprint density at radius 2 is 2.00 bits per heavy atom. The van der Waals surface area contributed by atoms with Gasteiger partial charge in [-0.25, -0.2) is 4.79 Å². The summed E-state index contributed by atoms with van der Waals surface area (Å²) in [5, 5.41) is 21.9. The molecule has 0 aromatic carbocycles. The van der Waals surface area contributed by atoms with Crippen LogP contribution in [0.4, 0.5) is 0 Å². The highest BCUT2D eigenvalue weighted by atomic mass is 16.6. The average molecular weight is 410 g/mol. The van der Waals surface area contributed by atoms with Gasteiger partial charge in [0, 0.05) is 30.2 Å². The quantitative estimate of drug-likeness (QED) is 0.405. The summed E-state index contributed by atoms with van der Waals surface area (Å²) in [7, 11) is 1.50. The third-order valence-electron chi connectivity index (χ3n) is 6.35. The lowest BCUT2D eigenvalue weighted by molar-refractivity contribution is -0.163. The van der Waals surface area contributed by atoms with Gasteiger partial charge in [0.25, 0.3) is 0 Å². The summed E-state index contributed by atoms with van der Waals surface area (Å²) in [6.07, 6.45) is -1.34. The normalized spacial score (nSPS) is 42.3. The maximum atomic E-state index is 12.5. The summed E-state index contributed by atoms with van der Waals surface area (Å²) in [6, 6.07) is 0. The van der Waals surface area contributed by atoms with E-state index < -0.39 is 53.5 Å². The average Bonchev–Trinajstić information content (AvgIpc) is 3.02. The first-order valence-electron chi connectivity index (χ1n) is 9.83. The first-order chi connectivity index (χ1) is 13.5. The van der Waals surface area contributed by atoms with E-state index in [-0.39, 0.29) is 18.6 Å². The molecule has 0 spiro atoms.